The molecule has 2 aromatic rings. The summed E-state index contributed by atoms with van der Waals surface area (Å²) >= 11 is 7.65. The number of hydrogen-bond acceptors (Lipinski definition) is 3. The third kappa shape index (κ3) is 3.80. The lowest BCUT2D eigenvalue weighted by molar-refractivity contribution is 0.681. The molecule has 0 radical (unpaired) electrons. The summed E-state index contributed by atoms with van der Waals surface area (Å²) < 4.78 is 0. The van der Waals surface area contributed by atoms with Crippen LogP contribution < -0.4 is 5.32 Å². The van der Waals surface area contributed by atoms with Crippen LogP contribution in [-0.4, -0.2) is 4.98 Å². The largest absolute Gasteiger partial charge is 0.307 e. The van der Waals surface area contributed by atoms with Gasteiger partial charge in [0.05, 0.1) is 10.7 Å². The molecule has 0 fully saturated rings. The van der Waals surface area contributed by atoms with Crippen LogP contribution in [0.2, 0.25) is 5.02 Å². The molecule has 2 rings (SSSR count). The van der Waals surface area contributed by atoms with E-state index in [2.05, 4.69) is 28.7 Å². The zero-order chi connectivity index (χ0) is 12.1. The number of nitrogens with one attached hydrogen (secondary N) is 1. The van der Waals surface area contributed by atoms with Gasteiger partial charge in [0.2, 0.25) is 0 Å². The molecule has 0 spiro atoms. The Bertz CT molecular complexity index is 482. The summed E-state index contributed by atoms with van der Waals surface area (Å²) in [5.74, 6) is 0. The molecular formula is C13H15ClN2S. The summed E-state index contributed by atoms with van der Waals surface area (Å²) in [4.78, 5) is 4.51. The predicted molar refractivity (Wildman–Crippen MR) is 73.5 cm³/mol. The van der Waals surface area contributed by atoms with Crippen LogP contribution in [0.25, 0.3) is 0 Å². The van der Waals surface area contributed by atoms with Crippen LogP contribution in [0.3, 0.4) is 0 Å². The van der Waals surface area contributed by atoms with E-state index in [1.54, 1.807) is 11.3 Å². The van der Waals surface area contributed by atoms with Crippen LogP contribution in [0.15, 0.2) is 29.6 Å². The molecule has 0 amide bonds. The van der Waals surface area contributed by atoms with Crippen molar-refractivity contribution in [3.05, 3.63) is 50.9 Å². The fraction of sp³-hybridized carbons (Fsp3) is 0.308. The van der Waals surface area contributed by atoms with E-state index in [0.29, 0.717) is 0 Å². The first-order valence-electron chi connectivity index (χ1n) is 5.66. The van der Waals surface area contributed by atoms with E-state index in [0.717, 1.165) is 30.2 Å². The van der Waals surface area contributed by atoms with Gasteiger partial charge in [-0.15, -0.1) is 11.3 Å². The van der Waals surface area contributed by atoms with Crippen LogP contribution in [0.4, 0.5) is 0 Å². The standard InChI is InChI=1S/C13H15ClN2S/c1-2-13-16-12(9-17-13)8-15-7-10-4-3-5-11(14)6-10/h3-6,9,15H,2,7-8H2,1H3. The van der Waals surface area contributed by atoms with Crippen molar-refractivity contribution < 1.29 is 0 Å². The number of thiazole rings is 1. The van der Waals surface area contributed by atoms with E-state index < -0.39 is 0 Å². The molecular weight excluding hydrogens is 252 g/mol. The highest BCUT2D eigenvalue weighted by Crippen LogP contribution is 2.12. The van der Waals surface area contributed by atoms with E-state index in [1.165, 1.54) is 10.6 Å². The third-order valence-electron chi connectivity index (χ3n) is 2.43. The van der Waals surface area contributed by atoms with E-state index in [4.69, 9.17) is 11.6 Å². The highest BCUT2D eigenvalue weighted by atomic mass is 35.5. The number of aryl methyl sites for hydroxylation is 1. The summed E-state index contributed by atoms with van der Waals surface area (Å²) in [5, 5.41) is 7.47. The van der Waals surface area contributed by atoms with E-state index >= 15 is 0 Å². The second kappa shape index (κ2) is 6.15. The number of halogens is 1. The number of benzene rings is 1. The molecule has 17 heavy (non-hydrogen) atoms. The van der Waals surface area contributed by atoms with Gasteiger partial charge in [-0.2, -0.15) is 0 Å². The molecule has 0 aliphatic heterocycles. The van der Waals surface area contributed by atoms with Gasteiger partial charge in [0.15, 0.2) is 0 Å². The maximum atomic E-state index is 5.92. The average Bonchev–Trinajstić information content (AvgIpc) is 2.77. The molecule has 0 bridgehead atoms. The van der Waals surface area contributed by atoms with Crippen molar-refractivity contribution in [3.8, 4) is 0 Å². The molecule has 1 aromatic heterocycles. The Hall–Kier alpha value is -0.900. The normalized spacial score (nSPS) is 10.7. The molecule has 2 nitrogen and oxygen atoms in total. The van der Waals surface area contributed by atoms with Crippen molar-refractivity contribution >= 4 is 22.9 Å². The summed E-state index contributed by atoms with van der Waals surface area (Å²) in [6.07, 6.45) is 1.01. The lowest BCUT2D eigenvalue weighted by Crippen LogP contribution is -2.12. The Labute approximate surface area is 111 Å². The van der Waals surface area contributed by atoms with Crippen molar-refractivity contribution in [2.45, 2.75) is 26.4 Å². The molecule has 1 N–H and O–H groups in total. The average molecular weight is 267 g/mol. The monoisotopic (exact) mass is 266 g/mol. The fourth-order valence-electron chi connectivity index (χ4n) is 1.57. The lowest BCUT2D eigenvalue weighted by Gasteiger charge is -2.03. The van der Waals surface area contributed by atoms with Gasteiger partial charge in [0.25, 0.3) is 0 Å². The van der Waals surface area contributed by atoms with Crippen molar-refractivity contribution in [1.29, 1.82) is 0 Å². The van der Waals surface area contributed by atoms with Gasteiger partial charge < -0.3 is 5.32 Å². The van der Waals surface area contributed by atoms with Crippen LogP contribution in [0.5, 0.6) is 0 Å². The van der Waals surface area contributed by atoms with Crippen LogP contribution in [0, 0.1) is 0 Å². The Morgan fingerprint density at radius 2 is 2.24 bits per heavy atom. The molecule has 1 heterocycles. The number of hydrogen-bond donors (Lipinski definition) is 1. The minimum Gasteiger partial charge on any atom is -0.307 e. The Kier molecular flexibility index (Phi) is 4.54. The second-order valence-electron chi connectivity index (χ2n) is 3.82. The molecule has 1 aromatic carbocycles. The smallest absolute Gasteiger partial charge is 0.0926 e. The maximum absolute atomic E-state index is 5.92. The van der Waals surface area contributed by atoms with Gasteiger partial charge in [-0.1, -0.05) is 30.7 Å². The number of aromatic nitrogens is 1. The minimum atomic E-state index is 0.784. The van der Waals surface area contributed by atoms with Gasteiger partial charge in [-0.25, -0.2) is 4.98 Å². The molecule has 0 saturated heterocycles. The van der Waals surface area contributed by atoms with Crippen molar-refractivity contribution in [3.63, 3.8) is 0 Å². The van der Waals surface area contributed by atoms with Crippen molar-refractivity contribution in [2.24, 2.45) is 0 Å². The Morgan fingerprint density at radius 1 is 1.35 bits per heavy atom. The summed E-state index contributed by atoms with van der Waals surface area (Å²) in [7, 11) is 0. The van der Waals surface area contributed by atoms with Crippen LogP contribution in [-0.2, 0) is 19.5 Å². The van der Waals surface area contributed by atoms with Gasteiger partial charge in [0, 0.05) is 23.5 Å². The summed E-state index contributed by atoms with van der Waals surface area (Å²) in [6.45, 7) is 3.75. The first kappa shape index (κ1) is 12.6. The van der Waals surface area contributed by atoms with Gasteiger partial charge in [0.1, 0.15) is 0 Å². The molecule has 0 aliphatic rings. The quantitative estimate of drug-likeness (QED) is 0.894. The molecule has 0 saturated carbocycles. The zero-order valence-electron chi connectivity index (χ0n) is 9.74. The Morgan fingerprint density at radius 3 is 2.94 bits per heavy atom. The predicted octanol–water partition coefficient (Wildman–Crippen LogP) is 3.65. The highest BCUT2D eigenvalue weighted by molar-refractivity contribution is 7.09. The molecule has 0 aliphatic carbocycles. The van der Waals surface area contributed by atoms with Crippen molar-refractivity contribution in [2.75, 3.05) is 0 Å². The second-order valence-corrected chi connectivity index (χ2v) is 5.20. The minimum absolute atomic E-state index is 0.784. The van der Waals surface area contributed by atoms with Gasteiger partial charge in [-0.05, 0) is 24.1 Å². The Balaban J connectivity index is 1.83. The molecule has 0 unspecified atom stereocenters. The first-order valence-corrected chi connectivity index (χ1v) is 6.92. The van der Waals surface area contributed by atoms with E-state index in [9.17, 15) is 0 Å². The molecule has 0 atom stereocenters. The number of rotatable bonds is 5. The third-order valence-corrected chi connectivity index (χ3v) is 3.70. The van der Waals surface area contributed by atoms with Gasteiger partial charge in [-0.3, -0.25) is 0 Å². The SMILES string of the molecule is CCc1nc(CNCc2cccc(Cl)c2)cs1. The summed E-state index contributed by atoms with van der Waals surface area (Å²) in [6, 6.07) is 7.90. The lowest BCUT2D eigenvalue weighted by atomic mass is 10.2. The number of nitrogens with zero attached hydrogens (tertiary/aromatic N) is 1. The van der Waals surface area contributed by atoms with E-state index in [-0.39, 0.29) is 0 Å². The van der Waals surface area contributed by atoms with Crippen LogP contribution in [0.1, 0.15) is 23.2 Å². The first-order chi connectivity index (χ1) is 8.28. The van der Waals surface area contributed by atoms with Crippen LogP contribution >= 0.6 is 22.9 Å². The van der Waals surface area contributed by atoms with Crippen molar-refractivity contribution in [1.82, 2.24) is 10.3 Å². The van der Waals surface area contributed by atoms with E-state index in [1.807, 2.05) is 18.2 Å². The molecule has 4 heteroatoms. The maximum Gasteiger partial charge on any atom is 0.0926 e. The topological polar surface area (TPSA) is 24.9 Å². The molecule has 90 valence electrons. The zero-order valence-corrected chi connectivity index (χ0v) is 11.3. The highest BCUT2D eigenvalue weighted by Gasteiger charge is 2.00. The fourth-order valence-corrected chi connectivity index (χ4v) is 2.53. The van der Waals surface area contributed by atoms with Gasteiger partial charge >= 0.3 is 0 Å². The summed E-state index contributed by atoms with van der Waals surface area (Å²) in [5.41, 5.74) is 2.32.